The van der Waals surface area contributed by atoms with E-state index in [2.05, 4.69) is 10.3 Å². The number of anilines is 1. The quantitative estimate of drug-likeness (QED) is 0.552. The molecule has 1 aromatic carbocycles. The van der Waals surface area contributed by atoms with Crippen LogP contribution in [0, 0.1) is 29.4 Å². The van der Waals surface area contributed by atoms with Gasteiger partial charge in [-0.2, -0.15) is 0 Å². The highest BCUT2D eigenvalue weighted by molar-refractivity contribution is 5.99. The van der Waals surface area contributed by atoms with Crippen LogP contribution in [0.25, 0.3) is 16.7 Å². The van der Waals surface area contributed by atoms with Crippen LogP contribution in [0.15, 0.2) is 41.3 Å². The molecular formula is C29H28F2N4O3. The third kappa shape index (κ3) is 3.74. The molecule has 196 valence electrons. The zero-order chi connectivity index (χ0) is 26.2. The predicted molar refractivity (Wildman–Crippen MR) is 137 cm³/mol. The largest absolute Gasteiger partial charge is 0.346 e. The molecular weight excluding hydrogens is 490 g/mol. The summed E-state index contributed by atoms with van der Waals surface area (Å²) in [6, 6.07) is 6.24. The first-order valence-electron chi connectivity index (χ1n) is 13.4. The van der Waals surface area contributed by atoms with Gasteiger partial charge in [-0.25, -0.2) is 13.8 Å². The summed E-state index contributed by atoms with van der Waals surface area (Å²) in [5.74, 6) is 0.0253. The second-order valence-corrected chi connectivity index (χ2v) is 11.7. The van der Waals surface area contributed by atoms with E-state index < -0.39 is 23.0 Å². The van der Waals surface area contributed by atoms with Gasteiger partial charge in [-0.3, -0.25) is 23.9 Å². The second kappa shape index (κ2) is 8.44. The Balaban J connectivity index is 1.35. The Morgan fingerprint density at radius 3 is 2.34 bits per heavy atom. The SMILES string of the molecule is O=C(NC12CC3CC(CC(C3)C1)C2)c1cn(-c2ccc(F)cc2F)c2nc(N3CCCC3=O)ccc2c1=O. The molecule has 5 aliphatic rings. The van der Waals surface area contributed by atoms with E-state index in [1.807, 2.05) is 0 Å². The Bertz CT molecular complexity index is 1530. The summed E-state index contributed by atoms with van der Waals surface area (Å²) in [5.41, 5.74) is -0.865. The summed E-state index contributed by atoms with van der Waals surface area (Å²) in [4.78, 5) is 45.7. The van der Waals surface area contributed by atoms with Crippen molar-refractivity contribution in [2.75, 3.05) is 11.4 Å². The molecule has 0 spiro atoms. The summed E-state index contributed by atoms with van der Waals surface area (Å²) < 4.78 is 30.1. The van der Waals surface area contributed by atoms with Gasteiger partial charge >= 0.3 is 0 Å². The van der Waals surface area contributed by atoms with Gasteiger partial charge in [0, 0.05) is 30.8 Å². The number of benzene rings is 1. The number of nitrogens with zero attached hydrogens (tertiary/aromatic N) is 3. The number of fused-ring (bicyclic) bond motifs is 1. The minimum atomic E-state index is -0.855. The fourth-order valence-electron chi connectivity index (χ4n) is 7.83. The van der Waals surface area contributed by atoms with Crippen molar-refractivity contribution in [3.8, 4) is 5.69 Å². The molecule has 2 amide bonds. The zero-order valence-electron chi connectivity index (χ0n) is 20.9. The van der Waals surface area contributed by atoms with E-state index in [0.717, 1.165) is 31.4 Å². The van der Waals surface area contributed by atoms with Crippen LogP contribution in [0.4, 0.5) is 14.6 Å². The van der Waals surface area contributed by atoms with Gasteiger partial charge in [0.2, 0.25) is 11.3 Å². The van der Waals surface area contributed by atoms with Crippen LogP contribution in [0.3, 0.4) is 0 Å². The van der Waals surface area contributed by atoms with Crippen molar-refractivity contribution in [1.29, 1.82) is 0 Å². The number of carbonyl (C=O) groups is 2. The van der Waals surface area contributed by atoms with Crippen LogP contribution in [0.2, 0.25) is 0 Å². The highest BCUT2D eigenvalue weighted by Gasteiger charge is 2.51. The van der Waals surface area contributed by atoms with Crippen LogP contribution in [0.5, 0.6) is 0 Å². The minimum Gasteiger partial charge on any atom is -0.346 e. The molecule has 2 aromatic heterocycles. The highest BCUT2D eigenvalue weighted by Crippen LogP contribution is 2.55. The molecule has 3 heterocycles. The van der Waals surface area contributed by atoms with Crippen LogP contribution >= 0.6 is 0 Å². The fourth-order valence-corrected chi connectivity index (χ4v) is 7.83. The minimum absolute atomic E-state index is 0.0438. The first-order valence-corrected chi connectivity index (χ1v) is 13.4. The van der Waals surface area contributed by atoms with Gasteiger partial charge in [0.15, 0.2) is 5.65 Å². The molecule has 9 heteroatoms. The van der Waals surface area contributed by atoms with Crippen LogP contribution < -0.4 is 15.6 Å². The van der Waals surface area contributed by atoms with Gasteiger partial charge in [0.25, 0.3) is 5.91 Å². The lowest BCUT2D eigenvalue weighted by atomic mass is 9.53. The Kier molecular flexibility index (Phi) is 5.22. The molecule has 1 aliphatic heterocycles. The molecule has 4 bridgehead atoms. The molecule has 4 aliphatic carbocycles. The molecule has 0 atom stereocenters. The van der Waals surface area contributed by atoms with E-state index in [-0.39, 0.29) is 33.7 Å². The number of aromatic nitrogens is 2. The van der Waals surface area contributed by atoms with Crippen molar-refractivity contribution < 1.29 is 18.4 Å². The number of hydrogen-bond donors (Lipinski definition) is 1. The van der Waals surface area contributed by atoms with Gasteiger partial charge in [-0.1, -0.05) is 0 Å². The number of carbonyl (C=O) groups excluding carboxylic acids is 2. The molecule has 4 saturated carbocycles. The van der Waals surface area contributed by atoms with E-state index in [1.54, 1.807) is 6.07 Å². The number of amides is 2. The summed E-state index contributed by atoms with van der Waals surface area (Å²) >= 11 is 0. The lowest BCUT2D eigenvalue weighted by Crippen LogP contribution is -2.60. The van der Waals surface area contributed by atoms with Crippen molar-refractivity contribution in [3.63, 3.8) is 0 Å². The average molecular weight is 519 g/mol. The van der Waals surface area contributed by atoms with E-state index in [0.29, 0.717) is 43.0 Å². The monoisotopic (exact) mass is 518 g/mol. The third-order valence-electron chi connectivity index (χ3n) is 9.02. The molecule has 38 heavy (non-hydrogen) atoms. The van der Waals surface area contributed by atoms with Crippen molar-refractivity contribution in [1.82, 2.24) is 14.9 Å². The maximum Gasteiger partial charge on any atom is 0.257 e. The fraction of sp³-hybridized carbons (Fsp3) is 0.448. The van der Waals surface area contributed by atoms with Gasteiger partial charge in [0.1, 0.15) is 23.0 Å². The Hall–Kier alpha value is -3.62. The molecule has 0 unspecified atom stereocenters. The molecule has 5 fully saturated rings. The molecule has 0 radical (unpaired) electrons. The summed E-state index contributed by atoms with van der Waals surface area (Å²) in [6.45, 7) is 0.498. The molecule has 7 nitrogen and oxygen atoms in total. The maximum absolute atomic E-state index is 15.0. The topological polar surface area (TPSA) is 84.3 Å². The summed E-state index contributed by atoms with van der Waals surface area (Å²) in [7, 11) is 0. The lowest BCUT2D eigenvalue weighted by molar-refractivity contribution is -0.117. The number of pyridine rings is 2. The summed E-state index contributed by atoms with van der Waals surface area (Å²) in [6.07, 6.45) is 8.83. The molecule has 1 N–H and O–H groups in total. The van der Waals surface area contributed by atoms with Gasteiger partial charge in [-0.15, -0.1) is 0 Å². The standard InChI is InChI=1S/C29H28F2N4O3/c30-19-3-5-23(22(31)11-19)35-15-21(28(38)33-29-12-16-8-17(13-29)10-18(9-16)14-29)26(37)20-4-6-24(32-27(20)35)34-7-1-2-25(34)36/h3-6,11,15-18H,1-2,7-10,12-14H2,(H,33,38). The smallest absolute Gasteiger partial charge is 0.257 e. The van der Waals surface area contributed by atoms with Gasteiger partial charge < -0.3 is 5.32 Å². The van der Waals surface area contributed by atoms with E-state index >= 15 is 4.39 Å². The first-order chi connectivity index (χ1) is 18.3. The molecule has 8 rings (SSSR count). The van der Waals surface area contributed by atoms with Crippen LogP contribution in [-0.4, -0.2) is 33.4 Å². The van der Waals surface area contributed by atoms with Crippen molar-refractivity contribution in [2.24, 2.45) is 17.8 Å². The van der Waals surface area contributed by atoms with Crippen molar-refractivity contribution in [2.45, 2.75) is 56.9 Å². The zero-order valence-corrected chi connectivity index (χ0v) is 20.9. The van der Waals surface area contributed by atoms with Gasteiger partial charge in [0.05, 0.1) is 11.1 Å². The second-order valence-electron chi connectivity index (χ2n) is 11.7. The number of hydrogen-bond acceptors (Lipinski definition) is 4. The molecule has 3 aromatic rings. The number of rotatable bonds is 4. The van der Waals surface area contributed by atoms with Crippen LogP contribution in [-0.2, 0) is 4.79 Å². The normalized spacial score (nSPS) is 27.9. The Morgan fingerprint density at radius 2 is 1.71 bits per heavy atom. The summed E-state index contributed by atoms with van der Waals surface area (Å²) in [5, 5.41) is 3.36. The Morgan fingerprint density at radius 1 is 1.00 bits per heavy atom. The van der Waals surface area contributed by atoms with Crippen molar-refractivity contribution >= 4 is 28.7 Å². The van der Waals surface area contributed by atoms with E-state index in [4.69, 9.17) is 0 Å². The van der Waals surface area contributed by atoms with Gasteiger partial charge in [-0.05, 0) is 87.0 Å². The van der Waals surface area contributed by atoms with E-state index in [9.17, 15) is 18.8 Å². The maximum atomic E-state index is 15.0. The van der Waals surface area contributed by atoms with Crippen LogP contribution in [0.1, 0.15) is 61.7 Å². The lowest BCUT2D eigenvalue weighted by Gasteiger charge is -2.56. The first kappa shape index (κ1) is 23.5. The molecule has 1 saturated heterocycles. The third-order valence-corrected chi connectivity index (χ3v) is 9.02. The number of halogens is 2. The number of nitrogens with one attached hydrogen (secondary N) is 1. The Labute approximate surface area is 217 Å². The van der Waals surface area contributed by atoms with E-state index in [1.165, 1.54) is 47.1 Å². The highest BCUT2D eigenvalue weighted by atomic mass is 19.1. The predicted octanol–water partition coefficient (Wildman–Crippen LogP) is 4.49. The van der Waals surface area contributed by atoms with Crippen molar-refractivity contribution in [3.05, 3.63) is 63.9 Å². The average Bonchev–Trinajstić information content (AvgIpc) is 3.29.